The van der Waals surface area contributed by atoms with Crippen molar-refractivity contribution in [2.75, 3.05) is 54.4 Å². The third-order valence-corrected chi connectivity index (χ3v) is 14.4. The highest BCUT2D eigenvalue weighted by Crippen LogP contribution is 2.52. The predicted octanol–water partition coefficient (Wildman–Crippen LogP) is 6.81. The first kappa shape index (κ1) is 37.5. The van der Waals surface area contributed by atoms with Crippen molar-refractivity contribution in [3.05, 3.63) is 70.7 Å². The lowest BCUT2D eigenvalue weighted by molar-refractivity contribution is -0.384. The molecule has 4 fully saturated rings. The molecular weight excluding hydrogens is 741 g/mol. The zero-order chi connectivity index (χ0) is 38.2. The van der Waals surface area contributed by atoms with Gasteiger partial charge in [0.1, 0.15) is 22.0 Å². The van der Waals surface area contributed by atoms with E-state index in [1.54, 1.807) is 24.4 Å². The number of fused-ring (bicyclic) bond motifs is 1. The molecule has 2 saturated heterocycles. The molecule has 0 bridgehead atoms. The molecule has 0 radical (unpaired) electrons. The molecule has 0 unspecified atom stereocenters. The molecule has 5 heterocycles. The van der Waals surface area contributed by atoms with Crippen LogP contribution in [0.4, 0.5) is 17.2 Å². The number of benzene rings is 1. The predicted molar refractivity (Wildman–Crippen MR) is 214 cm³/mol. The number of nitrogens with one attached hydrogen (secondary N) is 3. The molecule has 14 nitrogen and oxygen atoms in total. The fourth-order valence-corrected chi connectivity index (χ4v) is 10.6. The summed E-state index contributed by atoms with van der Waals surface area (Å²) >= 11 is 2.04. The number of aromatic nitrogens is 3. The number of pyridine rings is 2. The van der Waals surface area contributed by atoms with Crippen LogP contribution in [-0.2, 0) is 10.0 Å². The van der Waals surface area contributed by atoms with Gasteiger partial charge in [-0.25, -0.2) is 23.1 Å². The van der Waals surface area contributed by atoms with Gasteiger partial charge in [0.05, 0.1) is 22.9 Å². The van der Waals surface area contributed by atoms with E-state index in [2.05, 4.69) is 41.7 Å². The first-order valence-electron chi connectivity index (χ1n) is 19.3. The molecule has 1 spiro atoms. The topological polar surface area (TPSA) is 176 Å². The van der Waals surface area contributed by atoms with Crippen molar-refractivity contribution in [2.24, 2.45) is 17.3 Å². The minimum absolute atomic E-state index is 0.00452. The third kappa shape index (κ3) is 8.26. The first-order chi connectivity index (χ1) is 26.5. The Morgan fingerprint density at radius 2 is 1.80 bits per heavy atom. The second-order valence-electron chi connectivity index (χ2n) is 15.8. The Kier molecular flexibility index (Phi) is 10.6. The van der Waals surface area contributed by atoms with Crippen LogP contribution in [0.3, 0.4) is 0 Å². The molecule has 4 aromatic rings. The standard InChI is InChI=1S/C39H48N8O6S2/c1-26-2-4-27(5-3-26)23-41-37-34(47(49)50)20-32(25-43-37)55(51,52)44-38(48)33-7-6-29(19-35(33)53-31-18-28-8-11-40-36(28)42-24-31)45-12-9-39(10-13-45)21-30(22-39)46-14-16-54-17-15-46/h6-8,11,18-20,24-27,30H,2-5,9-10,12-17,21-23H2,1H3,(H,40,42)(H,41,43)(H,44,48). The maximum Gasteiger partial charge on any atom is 0.312 e. The Balaban J connectivity index is 0.991. The lowest BCUT2D eigenvalue weighted by Gasteiger charge is -2.56. The second-order valence-corrected chi connectivity index (χ2v) is 18.7. The summed E-state index contributed by atoms with van der Waals surface area (Å²) in [5, 5.41) is 15.9. The van der Waals surface area contributed by atoms with Gasteiger partial charge in [0, 0.05) is 79.7 Å². The number of ether oxygens (including phenoxy) is 1. The molecule has 2 aliphatic carbocycles. The van der Waals surface area contributed by atoms with E-state index in [1.807, 2.05) is 23.9 Å². The number of carbonyl (C=O) groups is 1. The summed E-state index contributed by atoms with van der Waals surface area (Å²) in [6, 6.07) is 10.4. The lowest BCUT2D eigenvalue weighted by Crippen LogP contribution is -2.56. The fraction of sp³-hybridized carbons (Fsp3) is 0.513. The molecule has 1 aromatic carbocycles. The summed E-state index contributed by atoms with van der Waals surface area (Å²) < 4.78 is 35.5. The van der Waals surface area contributed by atoms with Crippen LogP contribution in [0.1, 0.15) is 68.6 Å². The van der Waals surface area contributed by atoms with Crippen LogP contribution >= 0.6 is 11.8 Å². The SMILES string of the molecule is CC1CCC(CNc2ncc(S(=O)(=O)NC(=O)c3ccc(N4CCC5(CC4)CC(N4CCSCC4)C5)cc3Oc3cnc4[nH]ccc4c3)cc2[N+](=O)[O-])CC1. The van der Waals surface area contributed by atoms with Gasteiger partial charge in [-0.15, -0.1) is 0 Å². The van der Waals surface area contributed by atoms with Crippen molar-refractivity contribution in [2.45, 2.75) is 69.2 Å². The van der Waals surface area contributed by atoms with Gasteiger partial charge in [-0.05, 0) is 80.0 Å². The van der Waals surface area contributed by atoms with Gasteiger partial charge in [0.15, 0.2) is 0 Å². The van der Waals surface area contributed by atoms with Crippen LogP contribution in [0.15, 0.2) is 59.9 Å². The number of nitrogens with zero attached hydrogens (tertiary/aromatic N) is 5. The minimum atomic E-state index is -4.57. The highest BCUT2D eigenvalue weighted by molar-refractivity contribution is 7.99. The Bertz CT molecular complexity index is 2150. The van der Waals surface area contributed by atoms with Crippen LogP contribution in [0.5, 0.6) is 11.5 Å². The van der Waals surface area contributed by atoms with E-state index in [1.165, 1.54) is 43.6 Å². The van der Waals surface area contributed by atoms with Gasteiger partial charge in [-0.1, -0.05) is 19.8 Å². The van der Waals surface area contributed by atoms with Crippen LogP contribution in [0.25, 0.3) is 11.0 Å². The molecule has 4 aliphatic rings. The second kappa shape index (κ2) is 15.6. The number of sulfonamides is 1. The number of amides is 1. The molecule has 3 N–H and O–H groups in total. The van der Waals surface area contributed by atoms with Crippen molar-refractivity contribution in [3.8, 4) is 11.5 Å². The smallest absolute Gasteiger partial charge is 0.312 e. The monoisotopic (exact) mass is 788 g/mol. The molecular formula is C39H48N8O6S2. The minimum Gasteiger partial charge on any atom is -0.455 e. The van der Waals surface area contributed by atoms with E-state index in [4.69, 9.17) is 4.74 Å². The molecule has 3 aromatic heterocycles. The van der Waals surface area contributed by atoms with E-state index in [0.29, 0.717) is 41.2 Å². The van der Waals surface area contributed by atoms with Crippen molar-refractivity contribution in [3.63, 3.8) is 0 Å². The average molecular weight is 789 g/mol. The largest absolute Gasteiger partial charge is 0.455 e. The zero-order valence-electron chi connectivity index (χ0n) is 31.0. The van der Waals surface area contributed by atoms with E-state index in [9.17, 15) is 23.3 Å². The number of hydrogen-bond acceptors (Lipinski definition) is 12. The Hall–Kier alpha value is -4.41. The van der Waals surface area contributed by atoms with Crippen molar-refractivity contribution >= 4 is 55.9 Å². The molecule has 2 aliphatic heterocycles. The highest BCUT2D eigenvalue weighted by atomic mass is 32.2. The van der Waals surface area contributed by atoms with Crippen LogP contribution in [0, 0.1) is 27.4 Å². The van der Waals surface area contributed by atoms with Gasteiger partial charge >= 0.3 is 5.69 Å². The quantitative estimate of drug-likeness (QED) is 0.107. The van der Waals surface area contributed by atoms with Crippen molar-refractivity contribution in [1.29, 1.82) is 0 Å². The lowest BCUT2D eigenvalue weighted by atomic mass is 9.60. The van der Waals surface area contributed by atoms with Gasteiger partial charge in [0.2, 0.25) is 5.82 Å². The highest BCUT2D eigenvalue weighted by Gasteiger charge is 2.48. The Morgan fingerprint density at radius 1 is 1.04 bits per heavy atom. The van der Waals surface area contributed by atoms with Crippen molar-refractivity contribution in [1.82, 2.24) is 24.6 Å². The van der Waals surface area contributed by atoms with Gasteiger partial charge < -0.3 is 19.9 Å². The van der Waals surface area contributed by atoms with Crippen LogP contribution in [-0.4, -0.2) is 89.4 Å². The van der Waals surface area contributed by atoms with E-state index in [-0.39, 0.29) is 17.1 Å². The maximum atomic E-state index is 13.8. The Morgan fingerprint density at radius 3 is 2.55 bits per heavy atom. The van der Waals surface area contributed by atoms with Gasteiger partial charge in [-0.3, -0.25) is 19.8 Å². The number of aromatic amines is 1. The third-order valence-electron chi connectivity index (χ3n) is 12.2. The van der Waals surface area contributed by atoms with Crippen molar-refractivity contribution < 1.29 is 22.9 Å². The molecule has 16 heteroatoms. The number of H-pyrrole nitrogens is 1. The zero-order valence-corrected chi connectivity index (χ0v) is 32.7. The summed E-state index contributed by atoms with van der Waals surface area (Å²) in [6.07, 6.45) is 13.3. The van der Waals surface area contributed by atoms with Gasteiger partial charge in [-0.2, -0.15) is 11.8 Å². The normalized spacial score (nSPS) is 21.9. The summed E-state index contributed by atoms with van der Waals surface area (Å²) in [5.74, 6) is 3.06. The number of anilines is 2. The molecule has 2 saturated carbocycles. The van der Waals surface area contributed by atoms with Crippen LogP contribution in [0.2, 0.25) is 0 Å². The summed E-state index contributed by atoms with van der Waals surface area (Å²) in [4.78, 5) is 41.2. The summed E-state index contributed by atoms with van der Waals surface area (Å²) in [7, 11) is -4.57. The number of thioether (sulfide) groups is 1. The number of rotatable bonds is 11. The molecule has 8 rings (SSSR count). The molecule has 55 heavy (non-hydrogen) atoms. The molecule has 292 valence electrons. The molecule has 0 atom stereocenters. The first-order valence-corrected chi connectivity index (χ1v) is 22.0. The average Bonchev–Trinajstić information content (AvgIpc) is 3.65. The van der Waals surface area contributed by atoms with E-state index < -0.39 is 31.4 Å². The summed E-state index contributed by atoms with van der Waals surface area (Å²) in [5.41, 5.74) is 1.43. The maximum absolute atomic E-state index is 13.8. The van der Waals surface area contributed by atoms with Crippen LogP contribution < -0.4 is 19.7 Å². The number of hydrogen-bond donors (Lipinski definition) is 3. The van der Waals surface area contributed by atoms with E-state index in [0.717, 1.165) is 75.0 Å². The Labute approximate surface area is 325 Å². The van der Waals surface area contributed by atoms with Gasteiger partial charge in [0.25, 0.3) is 15.9 Å². The number of nitro groups is 1. The summed E-state index contributed by atoms with van der Waals surface area (Å²) in [6.45, 7) is 6.85. The van der Waals surface area contributed by atoms with E-state index >= 15 is 0 Å². The molecule has 1 amide bonds. The number of piperidine rings is 1. The fourth-order valence-electron chi connectivity index (χ4n) is 8.74. The number of carbonyl (C=O) groups excluding carboxylic acids is 1.